The average molecular weight is 347 g/mol. The summed E-state index contributed by atoms with van der Waals surface area (Å²) in [5.74, 6) is 1.05. The number of fused-ring (bicyclic) bond motifs is 1. The normalized spacial score (nSPS) is 17.4. The van der Waals surface area contributed by atoms with Crippen molar-refractivity contribution in [3.05, 3.63) is 18.2 Å². The van der Waals surface area contributed by atoms with Gasteiger partial charge in [-0.2, -0.15) is 0 Å². The highest BCUT2D eigenvalue weighted by atomic mass is 32.2. The molecular weight excluding hydrogens is 330 g/mol. The van der Waals surface area contributed by atoms with Gasteiger partial charge in [0.2, 0.25) is 11.1 Å². The number of aromatic nitrogens is 4. The number of ether oxygens (including phenoxy) is 2. The van der Waals surface area contributed by atoms with Crippen molar-refractivity contribution in [3.8, 4) is 11.5 Å². The molecule has 1 amide bonds. The standard InChI is InChI=1S/C15H17N5O3S/c1-20-14(17-18-19-20)24-9-13(21)16-10-4-5-11-12(8-10)23-15(22-11)6-2-3-7-15/h4-5,8H,2-3,6-7,9H2,1H3,(H,16,21). The summed E-state index contributed by atoms with van der Waals surface area (Å²) in [6, 6.07) is 5.48. The van der Waals surface area contributed by atoms with Crippen LogP contribution in [0.5, 0.6) is 11.5 Å². The zero-order chi connectivity index (χ0) is 16.6. The average Bonchev–Trinajstić information content (AvgIpc) is 3.26. The number of amides is 1. The van der Waals surface area contributed by atoms with E-state index in [1.165, 1.54) is 16.4 Å². The largest absolute Gasteiger partial charge is 0.448 e. The number of hydrogen-bond acceptors (Lipinski definition) is 7. The number of thioether (sulfide) groups is 1. The smallest absolute Gasteiger partial charge is 0.251 e. The predicted molar refractivity (Wildman–Crippen MR) is 87.0 cm³/mol. The number of tetrazole rings is 1. The summed E-state index contributed by atoms with van der Waals surface area (Å²) in [5.41, 5.74) is 0.689. The predicted octanol–water partition coefficient (Wildman–Crippen LogP) is 1.98. The van der Waals surface area contributed by atoms with E-state index >= 15 is 0 Å². The molecule has 1 aliphatic heterocycles. The number of anilines is 1. The molecule has 1 N–H and O–H groups in total. The van der Waals surface area contributed by atoms with Crippen molar-refractivity contribution in [1.82, 2.24) is 20.2 Å². The number of hydrogen-bond donors (Lipinski definition) is 1. The molecular formula is C15H17N5O3S. The van der Waals surface area contributed by atoms with Crippen LogP contribution in [0.25, 0.3) is 0 Å². The first-order valence-electron chi connectivity index (χ1n) is 7.81. The molecule has 1 aromatic carbocycles. The van der Waals surface area contributed by atoms with Crippen molar-refractivity contribution in [2.24, 2.45) is 7.05 Å². The highest BCUT2D eigenvalue weighted by Gasteiger charge is 2.44. The van der Waals surface area contributed by atoms with E-state index in [2.05, 4.69) is 20.8 Å². The summed E-state index contributed by atoms with van der Waals surface area (Å²) in [6.45, 7) is 0. The van der Waals surface area contributed by atoms with Crippen molar-refractivity contribution >= 4 is 23.4 Å². The van der Waals surface area contributed by atoms with Crippen LogP contribution in [0.3, 0.4) is 0 Å². The van der Waals surface area contributed by atoms with Crippen molar-refractivity contribution in [2.75, 3.05) is 11.1 Å². The zero-order valence-corrected chi connectivity index (χ0v) is 14.0. The molecule has 1 fully saturated rings. The van der Waals surface area contributed by atoms with Crippen molar-refractivity contribution < 1.29 is 14.3 Å². The van der Waals surface area contributed by atoms with E-state index in [9.17, 15) is 4.79 Å². The molecule has 1 saturated carbocycles. The van der Waals surface area contributed by atoms with E-state index < -0.39 is 5.79 Å². The minimum atomic E-state index is -0.487. The summed E-state index contributed by atoms with van der Waals surface area (Å²) < 4.78 is 13.5. The third-order valence-electron chi connectivity index (χ3n) is 4.10. The van der Waals surface area contributed by atoms with E-state index in [0.717, 1.165) is 31.4 Å². The van der Waals surface area contributed by atoms with E-state index in [1.807, 2.05) is 18.2 Å². The molecule has 24 heavy (non-hydrogen) atoms. The van der Waals surface area contributed by atoms with Gasteiger partial charge in [-0.15, -0.1) is 5.10 Å². The molecule has 0 bridgehead atoms. The Morgan fingerprint density at radius 2 is 2.12 bits per heavy atom. The third kappa shape index (κ3) is 2.91. The van der Waals surface area contributed by atoms with Gasteiger partial charge in [0, 0.05) is 31.6 Å². The van der Waals surface area contributed by atoms with Gasteiger partial charge in [0.25, 0.3) is 5.79 Å². The Bertz CT molecular complexity index is 772. The van der Waals surface area contributed by atoms with Gasteiger partial charge >= 0.3 is 0 Å². The Balaban J connectivity index is 1.38. The monoisotopic (exact) mass is 347 g/mol. The van der Waals surface area contributed by atoms with Gasteiger partial charge in [0.15, 0.2) is 11.5 Å². The van der Waals surface area contributed by atoms with E-state index in [1.54, 1.807) is 7.05 Å². The van der Waals surface area contributed by atoms with Crippen LogP contribution in [0.4, 0.5) is 5.69 Å². The lowest BCUT2D eigenvalue weighted by atomic mass is 10.2. The number of aryl methyl sites for hydroxylation is 1. The maximum absolute atomic E-state index is 12.1. The summed E-state index contributed by atoms with van der Waals surface area (Å²) >= 11 is 1.28. The summed E-state index contributed by atoms with van der Waals surface area (Å²) in [4.78, 5) is 12.1. The molecule has 0 atom stereocenters. The minimum Gasteiger partial charge on any atom is -0.448 e. The Kier molecular flexibility index (Phi) is 3.79. The second kappa shape index (κ2) is 5.97. The molecule has 1 aliphatic carbocycles. The van der Waals surface area contributed by atoms with Gasteiger partial charge in [-0.3, -0.25) is 4.79 Å². The van der Waals surface area contributed by atoms with E-state index in [0.29, 0.717) is 16.6 Å². The van der Waals surface area contributed by atoms with Crippen molar-refractivity contribution in [2.45, 2.75) is 36.6 Å². The molecule has 4 rings (SSSR count). The van der Waals surface area contributed by atoms with Gasteiger partial charge in [0.1, 0.15) is 0 Å². The number of nitrogens with zero attached hydrogens (tertiary/aromatic N) is 4. The van der Waals surface area contributed by atoms with E-state index in [-0.39, 0.29) is 11.7 Å². The fourth-order valence-electron chi connectivity index (χ4n) is 2.96. The highest BCUT2D eigenvalue weighted by molar-refractivity contribution is 7.99. The highest BCUT2D eigenvalue weighted by Crippen LogP contribution is 2.47. The van der Waals surface area contributed by atoms with Crippen LogP contribution in [0, 0.1) is 0 Å². The molecule has 2 aromatic rings. The van der Waals surface area contributed by atoms with Crippen LogP contribution in [-0.2, 0) is 11.8 Å². The Labute approximate surface area is 142 Å². The summed E-state index contributed by atoms with van der Waals surface area (Å²) in [5, 5.41) is 14.5. The maximum atomic E-state index is 12.1. The fraction of sp³-hybridized carbons (Fsp3) is 0.467. The van der Waals surface area contributed by atoms with Crippen molar-refractivity contribution in [3.63, 3.8) is 0 Å². The quantitative estimate of drug-likeness (QED) is 0.846. The zero-order valence-electron chi connectivity index (χ0n) is 13.2. The molecule has 0 unspecified atom stereocenters. The second-order valence-electron chi connectivity index (χ2n) is 5.91. The van der Waals surface area contributed by atoms with Crippen LogP contribution in [0.1, 0.15) is 25.7 Å². The minimum absolute atomic E-state index is 0.127. The third-order valence-corrected chi connectivity index (χ3v) is 5.11. The first kappa shape index (κ1) is 15.3. The molecule has 0 radical (unpaired) electrons. The lowest BCUT2D eigenvalue weighted by Gasteiger charge is -2.21. The summed E-state index contributed by atoms with van der Waals surface area (Å²) in [7, 11) is 1.73. The van der Waals surface area contributed by atoms with Crippen LogP contribution >= 0.6 is 11.8 Å². The van der Waals surface area contributed by atoms with Gasteiger partial charge in [-0.1, -0.05) is 11.8 Å². The van der Waals surface area contributed by atoms with E-state index in [4.69, 9.17) is 9.47 Å². The number of carbonyl (C=O) groups is 1. The van der Waals surface area contributed by atoms with Gasteiger partial charge < -0.3 is 14.8 Å². The molecule has 126 valence electrons. The fourth-order valence-corrected chi connectivity index (χ4v) is 3.61. The Morgan fingerprint density at radius 1 is 1.33 bits per heavy atom. The molecule has 9 heteroatoms. The van der Waals surface area contributed by atoms with Crippen LogP contribution in [-0.4, -0.2) is 37.7 Å². The maximum Gasteiger partial charge on any atom is 0.251 e. The molecule has 2 heterocycles. The lowest BCUT2D eigenvalue weighted by Crippen LogP contribution is -2.34. The summed E-state index contributed by atoms with van der Waals surface area (Å²) in [6.07, 6.45) is 4.05. The van der Waals surface area contributed by atoms with Crippen molar-refractivity contribution in [1.29, 1.82) is 0 Å². The molecule has 0 saturated heterocycles. The van der Waals surface area contributed by atoms with Gasteiger partial charge in [-0.25, -0.2) is 4.68 Å². The lowest BCUT2D eigenvalue weighted by molar-refractivity contribution is -0.113. The van der Waals surface area contributed by atoms with Crippen LogP contribution < -0.4 is 14.8 Å². The first-order valence-corrected chi connectivity index (χ1v) is 8.79. The Hall–Kier alpha value is -2.29. The SMILES string of the molecule is Cn1nnnc1SCC(=O)Nc1ccc2c(c1)OC1(CCCC1)O2. The number of nitrogens with one attached hydrogen (secondary N) is 1. The molecule has 1 spiro atoms. The van der Waals surface area contributed by atoms with Crippen LogP contribution in [0.2, 0.25) is 0 Å². The molecule has 1 aromatic heterocycles. The topological polar surface area (TPSA) is 91.2 Å². The first-order chi connectivity index (χ1) is 11.6. The second-order valence-corrected chi connectivity index (χ2v) is 6.85. The van der Waals surface area contributed by atoms with Gasteiger partial charge in [-0.05, 0) is 35.4 Å². The molecule has 2 aliphatic rings. The van der Waals surface area contributed by atoms with Gasteiger partial charge in [0.05, 0.1) is 5.75 Å². The number of carbonyl (C=O) groups excluding carboxylic acids is 1. The molecule has 8 nitrogen and oxygen atoms in total. The van der Waals surface area contributed by atoms with Crippen LogP contribution in [0.15, 0.2) is 23.4 Å². The Morgan fingerprint density at radius 3 is 2.88 bits per heavy atom. The number of benzene rings is 1. The number of rotatable bonds is 4.